The van der Waals surface area contributed by atoms with Crippen molar-refractivity contribution in [2.45, 2.75) is 57.3 Å². The Hall–Kier alpha value is -3.04. The molecule has 1 aromatic carbocycles. The summed E-state index contributed by atoms with van der Waals surface area (Å²) in [4.78, 5) is 32.1. The van der Waals surface area contributed by atoms with Crippen LogP contribution in [0, 0.1) is 0 Å². The third kappa shape index (κ3) is 5.71. The van der Waals surface area contributed by atoms with Gasteiger partial charge in [-0.25, -0.2) is 9.59 Å². The molecule has 2 fully saturated rings. The largest absolute Gasteiger partial charge is 0.507 e. The first-order valence-corrected chi connectivity index (χ1v) is 11.7. The molecule has 4 rings (SSSR count). The van der Waals surface area contributed by atoms with Crippen LogP contribution >= 0.6 is 11.6 Å². The molecule has 0 spiro atoms. The summed E-state index contributed by atoms with van der Waals surface area (Å²) in [6.45, 7) is 2.94. The van der Waals surface area contributed by atoms with Crippen molar-refractivity contribution in [2.24, 2.45) is 5.16 Å². The number of cyclic esters (lactones) is 1. The second kappa shape index (κ2) is 10.5. The number of allylic oxidation sites excluding steroid dienone is 3. The molecular weight excluding hydrogens is 464 g/mol. The maximum Gasteiger partial charge on any atom is 0.435 e. The molecule has 0 bridgehead atoms. The number of hydrogen-bond acceptors (Lipinski definition) is 8. The van der Waals surface area contributed by atoms with E-state index in [0.29, 0.717) is 19.5 Å². The summed E-state index contributed by atoms with van der Waals surface area (Å²) in [5.41, 5.74) is 0.170. The van der Waals surface area contributed by atoms with Gasteiger partial charge in [-0.15, -0.1) is 0 Å². The van der Waals surface area contributed by atoms with Crippen LogP contribution in [0.3, 0.4) is 0 Å². The zero-order chi connectivity index (χ0) is 24.2. The Balaban J connectivity index is 1.67. The lowest BCUT2D eigenvalue weighted by molar-refractivity contribution is 0.0305. The lowest BCUT2D eigenvalue weighted by Gasteiger charge is -2.24. The summed E-state index contributed by atoms with van der Waals surface area (Å²) in [5.74, 6) is -1.67. The van der Waals surface area contributed by atoms with E-state index in [1.807, 2.05) is 6.08 Å². The highest BCUT2D eigenvalue weighted by atomic mass is 35.5. The lowest BCUT2D eigenvalue weighted by atomic mass is 9.99. The smallest absolute Gasteiger partial charge is 0.435 e. The Bertz CT molecular complexity index is 1050. The molecule has 0 saturated carbocycles. The molecule has 10 heteroatoms. The molecule has 2 N–H and O–H groups in total. The molecule has 3 aliphatic heterocycles. The second-order valence-corrected chi connectivity index (χ2v) is 8.96. The van der Waals surface area contributed by atoms with E-state index in [2.05, 4.69) is 5.16 Å². The number of oxime groups is 1. The van der Waals surface area contributed by atoms with Crippen LogP contribution in [0.2, 0.25) is 5.02 Å². The first kappa shape index (κ1) is 24.1. The van der Waals surface area contributed by atoms with Crippen LogP contribution < -0.4 is 0 Å². The number of rotatable bonds is 1. The summed E-state index contributed by atoms with van der Waals surface area (Å²) in [6.07, 6.45) is 9.01. The molecule has 0 aliphatic carbocycles. The number of esters is 1. The monoisotopic (exact) mass is 490 g/mol. The van der Waals surface area contributed by atoms with Gasteiger partial charge in [-0.05, 0) is 37.8 Å². The molecule has 1 amide bonds. The van der Waals surface area contributed by atoms with Crippen molar-refractivity contribution in [2.75, 3.05) is 13.1 Å². The van der Waals surface area contributed by atoms with Gasteiger partial charge < -0.3 is 24.6 Å². The highest BCUT2D eigenvalue weighted by Crippen LogP contribution is 2.38. The quantitative estimate of drug-likeness (QED) is 0.263. The van der Waals surface area contributed by atoms with E-state index in [0.717, 1.165) is 25.3 Å². The minimum atomic E-state index is -0.791. The Morgan fingerprint density at radius 3 is 2.74 bits per heavy atom. The summed E-state index contributed by atoms with van der Waals surface area (Å²) < 4.78 is 11.1. The Kier molecular flexibility index (Phi) is 7.43. The minimum absolute atomic E-state index is 0.0782. The number of phenolic OH excluding ortho intramolecular Hbond substituents is 2. The van der Waals surface area contributed by atoms with Crippen LogP contribution in [0.1, 0.15) is 48.5 Å². The molecule has 34 heavy (non-hydrogen) atoms. The van der Waals surface area contributed by atoms with Crippen molar-refractivity contribution in [3.8, 4) is 11.5 Å². The van der Waals surface area contributed by atoms with Crippen LogP contribution in [0.15, 0.2) is 35.5 Å². The lowest BCUT2D eigenvalue weighted by Crippen LogP contribution is -2.35. The van der Waals surface area contributed by atoms with Crippen molar-refractivity contribution < 1.29 is 34.1 Å². The molecule has 0 unspecified atom stereocenters. The van der Waals surface area contributed by atoms with Gasteiger partial charge in [-0.3, -0.25) is 4.84 Å². The molecule has 182 valence electrons. The molecule has 3 heterocycles. The van der Waals surface area contributed by atoms with E-state index < -0.39 is 29.7 Å². The number of halogens is 1. The van der Waals surface area contributed by atoms with Gasteiger partial charge in [0, 0.05) is 32.0 Å². The number of hydrogen-bond donors (Lipinski definition) is 2. The molecule has 0 aromatic heterocycles. The summed E-state index contributed by atoms with van der Waals surface area (Å²) in [6, 6.07) is 0.988. The first-order valence-electron chi connectivity index (χ1n) is 11.3. The zero-order valence-electron chi connectivity index (χ0n) is 18.8. The standard InChI is InChI=1S/C24H27ClN2O7/c1-14-11-20-19(33-20)8-4-3-7-15(26-34-24(31)27-9-5-2-6-10-27)12-16-21(23(30)32-14)17(28)13-18(29)22(16)25/h3-4,7-8,13-14,19-20,28-29H,2,5-6,9-12H2,1H3/b7-3+,8-4-,26-15+/t14-,19-,20-/m1/s1. The Morgan fingerprint density at radius 2 is 1.97 bits per heavy atom. The van der Waals surface area contributed by atoms with Gasteiger partial charge >= 0.3 is 12.1 Å². The maximum absolute atomic E-state index is 12.9. The van der Waals surface area contributed by atoms with Gasteiger partial charge in [0.1, 0.15) is 29.3 Å². The van der Waals surface area contributed by atoms with E-state index in [9.17, 15) is 19.8 Å². The van der Waals surface area contributed by atoms with Crippen LogP contribution in [0.5, 0.6) is 11.5 Å². The number of carbonyl (C=O) groups excluding carboxylic acids is 2. The third-order valence-corrected chi connectivity index (χ3v) is 6.35. The van der Waals surface area contributed by atoms with Crippen molar-refractivity contribution in [1.29, 1.82) is 0 Å². The van der Waals surface area contributed by atoms with E-state index in [4.69, 9.17) is 25.9 Å². The van der Waals surface area contributed by atoms with Crippen molar-refractivity contribution in [3.05, 3.63) is 46.5 Å². The zero-order valence-corrected chi connectivity index (χ0v) is 19.5. The normalized spacial score (nSPS) is 28.2. The van der Waals surface area contributed by atoms with E-state index in [-0.39, 0.29) is 40.5 Å². The first-order chi connectivity index (χ1) is 16.3. The molecule has 2 saturated heterocycles. The van der Waals surface area contributed by atoms with Crippen molar-refractivity contribution >= 4 is 29.4 Å². The van der Waals surface area contributed by atoms with Crippen LogP contribution in [-0.4, -0.2) is 64.3 Å². The number of piperidine rings is 1. The highest BCUT2D eigenvalue weighted by Gasteiger charge is 2.38. The predicted octanol–water partition coefficient (Wildman–Crippen LogP) is 4.10. The topological polar surface area (TPSA) is 121 Å². The molecule has 0 radical (unpaired) electrons. The summed E-state index contributed by atoms with van der Waals surface area (Å²) in [5, 5.41) is 24.5. The number of fused-ring (bicyclic) bond motifs is 2. The van der Waals surface area contributed by atoms with Crippen LogP contribution in [0.4, 0.5) is 4.79 Å². The number of nitrogens with zero attached hydrogens (tertiary/aromatic N) is 2. The molecule has 3 aliphatic rings. The van der Waals surface area contributed by atoms with E-state index >= 15 is 0 Å². The number of carbonyl (C=O) groups is 2. The Labute approximate surface area is 202 Å². The van der Waals surface area contributed by atoms with Gasteiger partial charge in [0.15, 0.2) is 0 Å². The molecule has 3 atom stereocenters. The fraction of sp³-hybridized carbons (Fsp3) is 0.458. The number of amides is 1. The van der Waals surface area contributed by atoms with E-state index in [1.165, 1.54) is 0 Å². The summed E-state index contributed by atoms with van der Waals surface area (Å²) >= 11 is 6.32. The van der Waals surface area contributed by atoms with Crippen molar-refractivity contribution in [1.82, 2.24) is 4.90 Å². The van der Waals surface area contributed by atoms with Gasteiger partial charge in [0.25, 0.3) is 0 Å². The number of phenols is 2. The van der Waals surface area contributed by atoms with Gasteiger partial charge in [0.2, 0.25) is 0 Å². The average molecular weight is 491 g/mol. The fourth-order valence-corrected chi connectivity index (χ4v) is 4.30. The Morgan fingerprint density at radius 1 is 1.21 bits per heavy atom. The van der Waals surface area contributed by atoms with Gasteiger partial charge in [-0.1, -0.05) is 35.0 Å². The third-order valence-electron chi connectivity index (χ3n) is 5.93. The number of benzene rings is 1. The average Bonchev–Trinajstić information content (AvgIpc) is 3.54. The number of likely N-dealkylation sites (tertiary alicyclic amines) is 1. The molecular formula is C24H27ClN2O7. The molecule has 1 aromatic rings. The molecule has 9 nitrogen and oxygen atoms in total. The number of ether oxygens (including phenoxy) is 2. The van der Waals surface area contributed by atoms with E-state index in [1.54, 1.807) is 30.1 Å². The number of aromatic hydroxyl groups is 2. The highest BCUT2D eigenvalue weighted by molar-refractivity contribution is 6.33. The minimum Gasteiger partial charge on any atom is -0.507 e. The summed E-state index contributed by atoms with van der Waals surface area (Å²) in [7, 11) is 0. The van der Waals surface area contributed by atoms with Crippen LogP contribution in [0.25, 0.3) is 0 Å². The SMILES string of the molecule is C[C@@H]1C[C@H]2O[C@@H]2\C=C/C=C/C(=N\OC(=O)N2CCCCC2)Cc2c(Cl)c(O)cc(O)c2C(=O)O1. The second-order valence-electron chi connectivity index (χ2n) is 8.58. The van der Waals surface area contributed by atoms with Crippen molar-refractivity contribution in [3.63, 3.8) is 0 Å². The maximum atomic E-state index is 12.9. The van der Waals surface area contributed by atoms with Gasteiger partial charge in [-0.2, -0.15) is 0 Å². The van der Waals surface area contributed by atoms with Gasteiger partial charge in [0.05, 0.1) is 16.8 Å². The van der Waals surface area contributed by atoms with Crippen LogP contribution in [-0.2, 0) is 20.7 Å². The predicted molar refractivity (Wildman–Crippen MR) is 124 cm³/mol. The fourth-order valence-electron chi connectivity index (χ4n) is 4.09. The number of epoxide rings is 1.